The third-order valence-corrected chi connectivity index (χ3v) is 1.56. The number of rotatable bonds is 1. The monoisotopic (exact) mass is 140 g/mol. The van der Waals surface area contributed by atoms with E-state index in [0.717, 1.165) is 12.8 Å². The molecule has 56 valence electrons. The number of carbonyl (C=O) groups excluding carboxylic acids is 1. The maximum atomic E-state index is 10.6. The molecule has 0 atom stereocenters. The summed E-state index contributed by atoms with van der Waals surface area (Å²) in [6.07, 6.45) is 4.62. The first-order valence-electron chi connectivity index (χ1n) is 3.66. The Hall–Kier alpha value is -0.790. The lowest BCUT2D eigenvalue weighted by atomic mass is 10.1. The van der Waals surface area contributed by atoms with Crippen LogP contribution >= 0.6 is 0 Å². The van der Waals surface area contributed by atoms with E-state index in [4.69, 9.17) is 4.74 Å². The number of carbonyl (C=O) groups is 1. The van der Waals surface area contributed by atoms with Crippen LogP contribution in [0.25, 0.3) is 0 Å². The molecule has 1 aliphatic rings. The molecule has 2 heteroatoms. The summed E-state index contributed by atoms with van der Waals surface area (Å²) in [4.78, 5) is 10.6. The van der Waals surface area contributed by atoms with Gasteiger partial charge in [-0.1, -0.05) is 13.0 Å². The van der Waals surface area contributed by atoms with Crippen LogP contribution in [0.3, 0.4) is 0 Å². The Morgan fingerprint density at radius 2 is 2.40 bits per heavy atom. The van der Waals surface area contributed by atoms with E-state index in [1.807, 2.05) is 0 Å². The summed E-state index contributed by atoms with van der Waals surface area (Å²) >= 11 is 0. The zero-order valence-corrected chi connectivity index (χ0v) is 6.22. The summed E-state index contributed by atoms with van der Waals surface area (Å²) in [5.41, 5.74) is 1.27. The van der Waals surface area contributed by atoms with E-state index in [-0.39, 0.29) is 5.97 Å². The molecule has 0 bridgehead atoms. The molecular formula is C8H12O2. The predicted molar refractivity (Wildman–Crippen MR) is 38.6 cm³/mol. The van der Waals surface area contributed by atoms with Crippen molar-refractivity contribution in [2.75, 3.05) is 6.61 Å². The van der Waals surface area contributed by atoms with Gasteiger partial charge >= 0.3 is 5.97 Å². The van der Waals surface area contributed by atoms with E-state index >= 15 is 0 Å². The molecule has 0 saturated carbocycles. The number of hydrogen-bond donors (Lipinski definition) is 0. The molecular weight excluding hydrogens is 128 g/mol. The molecule has 0 radical (unpaired) electrons. The largest absolute Gasteiger partial charge is 0.461 e. The van der Waals surface area contributed by atoms with Crippen molar-refractivity contribution in [1.82, 2.24) is 0 Å². The van der Waals surface area contributed by atoms with E-state index in [1.165, 1.54) is 5.57 Å². The minimum Gasteiger partial charge on any atom is -0.461 e. The maximum absolute atomic E-state index is 10.6. The van der Waals surface area contributed by atoms with Gasteiger partial charge in [0.2, 0.25) is 0 Å². The van der Waals surface area contributed by atoms with Gasteiger partial charge in [-0.25, -0.2) is 0 Å². The minimum atomic E-state index is -0.0618. The molecule has 0 aromatic carbocycles. The molecule has 1 saturated heterocycles. The van der Waals surface area contributed by atoms with Crippen LogP contribution in [0.1, 0.15) is 26.2 Å². The molecule has 1 fully saturated rings. The molecule has 1 aliphatic heterocycles. The molecule has 0 aliphatic carbocycles. The zero-order valence-electron chi connectivity index (χ0n) is 6.22. The van der Waals surface area contributed by atoms with Crippen LogP contribution in [-0.2, 0) is 9.53 Å². The van der Waals surface area contributed by atoms with Gasteiger partial charge in [-0.2, -0.15) is 0 Å². The molecule has 0 aromatic rings. The second-order valence-corrected chi connectivity index (χ2v) is 2.43. The Labute approximate surface area is 60.9 Å². The lowest BCUT2D eigenvalue weighted by Crippen LogP contribution is -2.14. The number of esters is 1. The minimum absolute atomic E-state index is 0.0618. The average molecular weight is 140 g/mol. The summed E-state index contributed by atoms with van der Waals surface area (Å²) in [6, 6.07) is 0. The second-order valence-electron chi connectivity index (χ2n) is 2.43. The van der Waals surface area contributed by atoms with Crippen LogP contribution in [0.5, 0.6) is 0 Å². The Morgan fingerprint density at radius 3 is 2.90 bits per heavy atom. The van der Waals surface area contributed by atoms with Crippen molar-refractivity contribution < 1.29 is 9.53 Å². The van der Waals surface area contributed by atoms with Crippen LogP contribution in [-0.4, -0.2) is 12.6 Å². The van der Waals surface area contributed by atoms with E-state index in [1.54, 1.807) is 0 Å². The van der Waals surface area contributed by atoms with Crippen molar-refractivity contribution >= 4 is 5.97 Å². The topological polar surface area (TPSA) is 26.3 Å². The smallest absolute Gasteiger partial charge is 0.306 e. The average Bonchev–Trinajstić information content (AvgIpc) is 1.95. The van der Waals surface area contributed by atoms with Crippen molar-refractivity contribution in [3.05, 3.63) is 11.6 Å². The zero-order chi connectivity index (χ0) is 7.40. The highest BCUT2D eigenvalue weighted by Gasteiger charge is 2.11. The molecule has 1 heterocycles. The first-order valence-corrected chi connectivity index (χ1v) is 3.66. The fourth-order valence-electron chi connectivity index (χ4n) is 1.03. The molecule has 0 unspecified atom stereocenters. The SMILES string of the molecule is CC/C=C1/CCC(=O)OC1. The van der Waals surface area contributed by atoms with Gasteiger partial charge in [0, 0.05) is 6.42 Å². The van der Waals surface area contributed by atoms with Gasteiger partial charge in [0.05, 0.1) is 0 Å². The van der Waals surface area contributed by atoms with Crippen LogP contribution in [0.15, 0.2) is 11.6 Å². The normalized spacial score (nSPS) is 22.9. The van der Waals surface area contributed by atoms with Crippen LogP contribution < -0.4 is 0 Å². The van der Waals surface area contributed by atoms with Crippen LogP contribution in [0.2, 0.25) is 0 Å². The summed E-state index contributed by atoms with van der Waals surface area (Å²) in [5, 5.41) is 0. The molecule has 2 nitrogen and oxygen atoms in total. The highest BCUT2D eigenvalue weighted by atomic mass is 16.5. The molecule has 10 heavy (non-hydrogen) atoms. The van der Waals surface area contributed by atoms with Gasteiger partial charge in [0.15, 0.2) is 0 Å². The number of ether oxygens (including phenoxy) is 1. The van der Waals surface area contributed by atoms with Gasteiger partial charge in [0.1, 0.15) is 6.61 Å². The first-order chi connectivity index (χ1) is 4.83. The Balaban J connectivity index is 2.39. The molecule has 0 N–H and O–H groups in total. The first kappa shape index (κ1) is 7.32. The van der Waals surface area contributed by atoms with Crippen molar-refractivity contribution in [2.24, 2.45) is 0 Å². The van der Waals surface area contributed by atoms with Crippen LogP contribution in [0, 0.1) is 0 Å². The van der Waals surface area contributed by atoms with E-state index in [0.29, 0.717) is 13.0 Å². The van der Waals surface area contributed by atoms with Gasteiger partial charge in [0.25, 0.3) is 0 Å². The predicted octanol–water partition coefficient (Wildman–Crippen LogP) is 1.66. The van der Waals surface area contributed by atoms with Gasteiger partial charge in [-0.15, -0.1) is 0 Å². The highest BCUT2D eigenvalue weighted by molar-refractivity contribution is 5.71. The molecule has 0 aromatic heterocycles. The van der Waals surface area contributed by atoms with E-state index < -0.39 is 0 Å². The Kier molecular flexibility index (Phi) is 2.49. The lowest BCUT2D eigenvalue weighted by Gasteiger charge is -2.13. The highest BCUT2D eigenvalue weighted by Crippen LogP contribution is 2.13. The standard InChI is InChI=1S/C8H12O2/c1-2-3-7-4-5-8(9)10-6-7/h3H,2,4-6H2,1H3/b7-3-. The maximum Gasteiger partial charge on any atom is 0.306 e. The summed E-state index contributed by atoms with van der Waals surface area (Å²) in [7, 11) is 0. The summed E-state index contributed by atoms with van der Waals surface area (Å²) in [6.45, 7) is 2.61. The Morgan fingerprint density at radius 1 is 1.60 bits per heavy atom. The number of allylic oxidation sites excluding steroid dienone is 1. The molecule has 0 amide bonds. The molecule has 0 spiro atoms. The fourth-order valence-corrected chi connectivity index (χ4v) is 1.03. The van der Waals surface area contributed by atoms with Crippen molar-refractivity contribution in [2.45, 2.75) is 26.2 Å². The van der Waals surface area contributed by atoms with Crippen molar-refractivity contribution in [1.29, 1.82) is 0 Å². The second kappa shape index (κ2) is 3.40. The number of cyclic esters (lactones) is 1. The molecule has 1 rings (SSSR count). The fraction of sp³-hybridized carbons (Fsp3) is 0.625. The van der Waals surface area contributed by atoms with E-state index in [9.17, 15) is 4.79 Å². The van der Waals surface area contributed by atoms with Crippen molar-refractivity contribution in [3.8, 4) is 0 Å². The lowest BCUT2D eigenvalue weighted by molar-refractivity contribution is -0.144. The number of hydrogen-bond acceptors (Lipinski definition) is 2. The third-order valence-electron chi connectivity index (χ3n) is 1.56. The Bertz CT molecular complexity index is 147. The van der Waals surface area contributed by atoms with Gasteiger partial charge in [-0.3, -0.25) is 4.79 Å². The van der Waals surface area contributed by atoms with Crippen LogP contribution in [0.4, 0.5) is 0 Å². The summed E-state index contributed by atoms with van der Waals surface area (Å²) in [5.74, 6) is -0.0618. The van der Waals surface area contributed by atoms with E-state index in [2.05, 4.69) is 13.0 Å². The quantitative estimate of drug-likeness (QED) is 0.409. The van der Waals surface area contributed by atoms with Gasteiger partial charge < -0.3 is 4.74 Å². The van der Waals surface area contributed by atoms with Gasteiger partial charge in [-0.05, 0) is 18.4 Å². The third kappa shape index (κ3) is 1.87. The summed E-state index contributed by atoms with van der Waals surface area (Å²) < 4.78 is 4.84. The van der Waals surface area contributed by atoms with Crippen molar-refractivity contribution in [3.63, 3.8) is 0 Å².